The SMILES string of the molecule is CNC(=O)C1CCN(C(=O)c2ccc(-n3ccc(C(F)(F)F)n3)cc2)CC1. The molecule has 6 nitrogen and oxygen atoms in total. The van der Waals surface area contributed by atoms with Gasteiger partial charge in [0.15, 0.2) is 5.69 Å². The third-order valence-corrected chi connectivity index (χ3v) is 4.66. The van der Waals surface area contributed by atoms with Crippen molar-refractivity contribution < 1.29 is 22.8 Å². The molecule has 0 radical (unpaired) electrons. The largest absolute Gasteiger partial charge is 0.435 e. The van der Waals surface area contributed by atoms with Crippen molar-refractivity contribution in [3.05, 3.63) is 47.8 Å². The Bertz CT molecular complexity index is 822. The van der Waals surface area contributed by atoms with Gasteiger partial charge in [-0.05, 0) is 43.2 Å². The zero-order valence-corrected chi connectivity index (χ0v) is 14.7. The third kappa shape index (κ3) is 4.12. The topological polar surface area (TPSA) is 67.2 Å². The van der Waals surface area contributed by atoms with Gasteiger partial charge in [0.1, 0.15) is 0 Å². The van der Waals surface area contributed by atoms with Crippen molar-refractivity contribution >= 4 is 11.8 Å². The Morgan fingerprint density at radius 1 is 1.11 bits per heavy atom. The lowest BCUT2D eigenvalue weighted by atomic mass is 9.95. The van der Waals surface area contributed by atoms with Gasteiger partial charge in [0.2, 0.25) is 5.91 Å². The summed E-state index contributed by atoms with van der Waals surface area (Å²) in [6.07, 6.45) is -2.06. The number of carbonyl (C=O) groups is 2. The van der Waals surface area contributed by atoms with Crippen LogP contribution < -0.4 is 5.32 Å². The van der Waals surface area contributed by atoms with Crippen molar-refractivity contribution in [1.29, 1.82) is 0 Å². The van der Waals surface area contributed by atoms with Gasteiger partial charge >= 0.3 is 6.18 Å². The van der Waals surface area contributed by atoms with Crippen LogP contribution in [-0.2, 0) is 11.0 Å². The first-order valence-corrected chi connectivity index (χ1v) is 8.54. The second kappa shape index (κ2) is 7.42. The number of aromatic nitrogens is 2. The van der Waals surface area contributed by atoms with Crippen LogP contribution in [0.5, 0.6) is 0 Å². The zero-order valence-electron chi connectivity index (χ0n) is 14.7. The summed E-state index contributed by atoms with van der Waals surface area (Å²) in [5.74, 6) is -0.249. The van der Waals surface area contributed by atoms with E-state index >= 15 is 0 Å². The number of hydrogen-bond donors (Lipinski definition) is 1. The fourth-order valence-electron chi connectivity index (χ4n) is 3.11. The predicted octanol–water partition coefficient (Wildman–Crippen LogP) is 2.49. The lowest BCUT2D eigenvalue weighted by Gasteiger charge is -2.31. The lowest BCUT2D eigenvalue weighted by molar-refractivity contribution is -0.141. The number of likely N-dealkylation sites (tertiary alicyclic amines) is 1. The number of alkyl halides is 3. The second-order valence-electron chi connectivity index (χ2n) is 6.37. The molecule has 1 aliphatic heterocycles. The summed E-state index contributed by atoms with van der Waals surface area (Å²) < 4.78 is 39.0. The summed E-state index contributed by atoms with van der Waals surface area (Å²) in [6, 6.07) is 7.14. The minimum atomic E-state index is -4.50. The number of halogens is 3. The average Bonchev–Trinajstić information content (AvgIpc) is 3.18. The fourth-order valence-corrected chi connectivity index (χ4v) is 3.11. The van der Waals surface area contributed by atoms with Crippen LogP contribution in [0.25, 0.3) is 5.69 Å². The van der Waals surface area contributed by atoms with Gasteiger partial charge in [-0.15, -0.1) is 0 Å². The minimum Gasteiger partial charge on any atom is -0.359 e. The van der Waals surface area contributed by atoms with E-state index in [1.807, 2.05) is 0 Å². The van der Waals surface area contributed by atoms with Gasteiger partial charge in [0, 0.05) is 37.8 Å². The first kappa shape index (κ1) is 18.9. The maximum Gasteiger partial charge on any atom is 0.435 e. The Balaban J connectivity index is 1.66. The molecule has 9 heteroatoms. The number of nitrogens with zero attached hydrogens (tertiary/aromatic N) is 3. The van der Waals surface area contributed by atoms with Gasteiger partial charge in [-0.3, -0.25) is 9.59 Å². The van der Waals surface area contributed by atoms with E-state index in [-0.39, 0.29) is 17.7 Å². The summed E-state index contributed by atoms with van der Waals surface area (Å²) in [6.45, 7) is 0.986. The standard InChI is InChI=1S/C18H19F3N4O2/c1-22-16(26)12-6-9-24(10-7-12)17(27)13-2-4-14(5-3-13)25-11-8-15(23-25)18(19,20)21/h2-5,8,11-12H,6-7,9-10H2,1H3,(H,22,26). The van der Waals surface area contributed by atoms with Crippen molar-refractivity contribution in [3.8, 4) is 5.69 Å². The molecule has 3 rings (SSSR count). The van der Waals surface area contributed by atoms with E-state index < -0.39 is 11.9 Å². The quantitative estimate of drug-likeness (QED) is 0.890. The number of hydrogen-bond acceptors (Lipinski definition) is 3. The Morgan fingerprint density at radius 2 is 1.74 bits per heavy atom. The fraction of sp³-hybridized carbons (Fsp3) is 0.389. The van der Waals surface area contributed by atoms with E-state index in [0.717, 1.165) is 10.7 Å². The molecular weight excluding hydrogens is 361 g/mol. The number of piperidine rings is 1. The van der Waals surface area contributed by atoms with Crippen LogP contribution in [0.2, 0.25) is 0 Å². The van der Waals surface area contributed by atoms with E-state index in [4.69, 9.17) is 0 Å². The Hall–Kier alpha value is -2.84. The normalized spacial score (nSPS) is 15.6. The highest BCUT2D eigenvalue weighted by Crippen LogP contribution is 2.28. The summed E-state index contributed by atoms with van der Waals surface area (Å²) in [5.41, 5.74) is -0.0950. The molecule has 0 atom stereocenters. The van der Waals surface area contributed by atoms with E-state index in [1.54, 1.807) is 36.2 Å². The number of benzene rings is 1. The molecule has 1 aromatic heterocycles. The van der Waals surface area contributed by atoms with Crippen LogP contribution in [0, 0.1) is 5.92 Å². The average molecular weight is 380 g/mol. The summed E-state index contributed by atoms with van der Waals surface area (Å²) in [7, 11) is 1.60. The maximum absolute atomic E-state index is 12.6. The molecule has 1 aromatic carbocycles. The summed E-state index contributed by atoms with van der Waals surface area (Å²) >= 11 is 0. The number of carbonyl (C=O) groups excluding carboxylic acids is 2. The molecule has 1 N–H and O–H groups in total. The molecular formula is C18H19F3N4O2. The monoisotopic (exact) mass is 380 g/mol. The molecule has 1 saturated heterocycles. The molecule has 2 aromatic rings. The van der Waals surface area contributed by atoms with Crippen LogP contribution >= 0.6 is 0 Å². The van der Waals surface area contributed by atoms with Gasteiger partial charge in [-0.1, -0.05) is 0 Å². The molecule has 0 aliphatic carbocycles. The summed E-state index contributed by atoms with van der Waals surface area (Å²) in [5, 5.41) is 6.13. The molecule has 0 spiro atoms. The van der Waals surface area contributed by atoms with Crippen molar-refractivity contribution in [2.24, 2.45) is 5.92 Å². The third-order valence-electron chi connectivity index (χ3n) is 4.66. The smallest absolute Gasteiger partial charge is 0.359 e. The summed E-state index contributed by atoms with van der Waals surface area (Å²) in [4.78, 5) is 25.9. The Kier molecular flexibility index (Phi) is 5.20. The van der Waals surface area contributed by atoms with Crippen LogP contribution in [0.3, 0.4) is 0 Å². The number of nitrogens with one attached hydrogen (secondary N) is 1. The van der Waals surface area contributed by atoms with Crippen LogP contribution in [0.1, 0.15) is 28.9 Å². The Morgan fingerprint density at radius 3 is 2.26 bits per heavy atom. The molecule has 2 amide bonds. The second-order valence-corrected chi connectivity index (χ2v) is 6.37. The van der Waals surface area contributed by atoms with Crippen molar-refractivity contribution in [3.63, 3.8) is 0 Å². The first-order valence-electron chi connectivity index (χ1n) is 8.54. The Labute approximate surface area is 154 Å². The highest BCUT2D eigenvalue weighted by molar-refractivity contribution is 5.94. The van der Waals surface area contributed by atoms with E-state index in [9.17, 15) is 22.8 Å². The van der Waals surface area contributed by atoms with E-state index in [2.05, 4.69) is 10.4 Å². The highest BCUT2D eigenvalue weighted by atomic mass is 19.4. The highest BCUT2D eigenvalue weighted by Gasteiger charge is 2.33. The molecule has 0 bridgehead atoms. The first-order chi connectivity index (χ1) is 12.8. The lowest BCUT2D eigenvalue weighted by Crippen LogP contribution is -2.42. The molecule has 144 valence electrons. The van der Waals surface area contributed by atoms with Crippen molar-refractivity contribution in [2.45, 2.75) is 19.0 Å². The molecule has 1 fully saturated rings. The minimum absolute atomic E-state index is 0.0103. The molecule has 0 saturated carbocycles. The molecule has 2 heterocycles. The zero-order chi connectivity index (χ0) is 19.6. The van der Waals surface area contributed by atoms with Gasteiger partial charge in [0.25, 0.3) is 5.91 Å². The molecule has 1 aliphatic rings. The van der Waals surface area contributed by atoms with Crippen molar-refractivity contribution in [1.82, 2.24) is 20.0 Å². The van der Waals surface area contributed by atoms with Gasteiger partial charge in [-0.2, -0.15) is 18.3 Å². The van der Waals surface area contributed by atoms with E-state index in [1.165, 1.54) is 6.20 Å². The molecule has 0 unspecified atom stereocenters. The van der Waals surface area contributed by atoms with Gasteiger partial charge in [-0.25, -0.2) is 4.68 Å². The maximum atomic E-state index is 12.6. The number of rotatable bonds is 3. The van der Waals surface area contributed by atoms with Gasteiger partial charge < -0.3 is 10.2 Å². The molecule has 27 heavy (non-hydrogen) atoms. The van der Waals surface area contributed by atoms with Crippen molar-refractivity contribution in [2.75, 3.05) is 20.1 Å². The van der Waals surface area contributed by atoms with Crippen LogP contribution in [-0.4, -0.2) is 46.6 Å². The van der Waals surface area contributed by atoms with E-state index in [0.29, 0.717) is 37.2 Å². The van der Waals surface area contributed by atoms with Crippen LogP contribution in [0.4, 0.5) is 13.2 Å². The predicted molar refractivity (Wildman–Crippen MR) is 91.3 cm³/mol. The van der Waals surface area contributed by atoms with Gasteiger partial charge in [0.05, 0.1) is 5.69 Å². The number of amides is 2. The van der Waals surface area contributed by atoms with Crippen LogP contribution in [0.15, 0.2) is 36.5 Å².